The van der Waals surface area contributed by atoms with Gasteiger partial charge in [-0.25, -0.2) is 4.57 Å². The van der Waals surface area contributed by atoms with Crippen molar-refractivity contribution in [2.24, 2.45) is 0 Å². The van der Waals surface area contributed by atoms with E-state index in [1.165, 1.54) is 6.07 Å². The summed E-state index contributed by atoms with van der Waals surface area (Å²) in [7, 11) is 0. The second-order valence-electron chi connectivity index (χ2n) is 2.83. The molecule has 0 bridgehead atoms. The molecular weight excluding hydrogens is 180 g/mol. The number of aromatic hydroxyl groups is 1. The van der Waals surface area contributed by atoms with Gasteiger partial charge in [0.15, 0.2) is 11.9 Å². The molecule has 2 aromatic rings. The van der Waals surface area contributed by atoms with E-state index in [1.807, 2.05) is 0 Å². The number of fused-ring (bicyclic) bond motifs is 1. The highest BCUT2D eigenvalue weighted by molar-refractivity contribution is 5.80. The molecule has 0 radical (unpaired) electrons. The highest BCUT2D eigenvalue weighted by atomic mass is 16.3. The summed E-state index contributed by atoms with van der Waals surface area (Å²) in [4.78, 5) is 11.3. The third-order valence-corrected chi connectivity index (χ3v) is 1.99. The molecule has 0 aliphatic heterocycles. The summed E-state index contributed by atoms with van der Waals surface area (Å²) in [6.07, 6.45) is 1.72. The first kappa shape index (κ1) is 8.32. The predicted octanol–water partition coefficient (Wildman–Crippen LogP) is 1.04. The summed E-state index contributed by atoms with van der Waals surface area (Å²) in [5.41, 5.74) is -0.191. The molecule has 1 heterocycles. The fourth-order valence-electron chi connectivity index (χ4n) is 1.35. The van der Waals surface area contributed by atoms with Crippen molar-refractivity contribution in [2.45, 2.75) is 0 Å². The Morgan fingerprint density at radius 1 is 1.36 bits per heavy atom. The summed E-state index contributed by atoms with van der Waals surface area (Å²) >= 11 is 0. The van der Waals surface area contributed by atoms with Gasteiger partial charge in [0.05, 0.1) is 5.52 Å². The van der Waals surface area contributed by atoms with Gasteiger partial charge < -0.3 is 5.11 Å². The molecule has 0 saturated carbocycles. The lowest BCUT2D eigenvalue weighted by atomic mass is 10.2. The van der Waals surface area contributed by atoms with Gasteiger partial charge in [-0.1, -0.05) is 18.2 Å². The maximum atomic E-state index is 11.3. The average molecular weight is 186 g/mol. The van der Waals surface area contributed by atoms with Crippen molar-refractivity contribution in [1.82, 2.24) is 4.57 Å². The van der Waals surface area contributed by atoms with Gasteiger partial charge in [-0.15, -0.1) is 0 Å². The molecule has 4 nitrogen and oxygen atoms in total. The number of aromatic nitrogens is 1. The molecule has 0 amide bonds. The van der Waals surface area contributed by atoms with Crippen molar-refractivity contribution >= 4 is 10.9 Å². The first-order valence-corrected chi connectivity index (χ1v) is 3.98. The Bertz CT molecular complexity index is 593. The van der Waals surface area contributed by atoms with Crippen LogP contribution in [0.4, 0.5) is 0 Å². The summed E-state index contributed by atoms with van der Waals surface area (Å²) in [6, 6.07) is 8.23. The molecule has 68 valence electrons. The zero-order chi connectivity index (χ0) is 10.1. The van der Waals surface area contributed by atoms with E-state index in [4.69, 9.17) is 5.26 Å². The maximum Gasteiger partial charge on any atom is 0.306 e. The van der Waals surface area contributed by atoms with Crippen LogP contribution in [0.5, 0.6) is 5.75 Å². The lowest BCUT2D eigenvalue weighted by Gasteiger charge is -2.01. The highest BCUT2D eigenvalue weighted by Gasteiger charge is 2.06. The number of hydrogen-bond acceptors (Lipinski definition) is 3. The van der Waals surface area contributed by atoms with Gasteiger partial charge in [-0.3, -0.25) is 4.79 Å². The van der Waals surface area contributed by atoms with Crippen LogP contribution in [-0.4, -0.2) is 9.67 Å². The van der Waals surface area contributed by atoms with E-state index in [9.17, 15) is 9.90 Å². The quantitative estimate of drug-likeness (QED) is 0.668. The number of nitriles is 1. The highest BCUT2D eigenvalue weighted by Crippen LogP contribution is 2.14. The second-order valence-corrected chi connectivity index (χ2v) is 2.83. The van der Waals surface area contributed by atoms with Crippen LogP contribution in [0.25, 0.3) is 10.9 Å². The molecule has 14 heavy (non-hydrogen) atoms. The van der Waals surface area contributed by atoms with Crippen LogP contribution in [0.2, 0.25) is 0 Å². The topological polar surface area (TPSA) is 66.0 Å². The summed E-state index contributed by atoms with van der Waals surface area (Å²) in [5, 5.41) is 18.6. The first-order chi connectivity index (χ1) is 6.74. The maximum absolute atomic E-state index is 11.3. The van der Waals surface area contributed by atoms with Gasteiger partial charge in [-0.2, -0.15) is 5.26 Å². The van der Waals surface area contributed by atoms with Gasteiger partial charge in [-0.05, 0) is 12.1 Å². The lowest BCUT2D eigenvalue weighted by Crippen LogP contribution is -2.15. The number of nitrogens with zero attached hydrogens (tertiary/aromatic N) is 2. The van der Waals surface area contributed by atoms with Crippen LogP contribution < -0.4 is 5.56 Å². The molecule has 2 rings (SSSR count). The standard InChI is InChI=1S/C10H6N2O2/c11-6-12-8-4-2-1-3-7(8)5-9(13)10(12)14/h1-5,13H. The largest absolute Gasteiger partial charge is 0.503 e. The van der Waals surface area contributed by atoms with Gasteiger partial charge in [0.1, 0.15) is 0 Å². The van der Waals surface area contributed by atoms with E-state index in [0.29, 0.717) is 10.9 Å². The molecule has 0 atom stereocenters. The zero-order valence-electron chi connectivity index (χ0n) is 7.14. The summed E-state index contributed by atoms with van der Waals surface area (Å²) in [6.45, 7) is 0. The van der Waals surface area contributed by atoms with E-state index in [1.54, 1.807) is 30.5 Å². The smallest absolute Gasteiger partial charge is 0.306 e. The lowest BCUT2D eigenvalue weighted by molar-refractivity contribution is 0.466. The number of pyridine rings is 1. The monoisotopic (exact) mass is 186 g/mol. The number of hydrogen-bond donors (Lipinski definition) is 1. The van der Waals surface area contributed by atoms with Crippen molar-refractivity contribution in [3.8, 4) is 11.9 Å². The fraction of sp³-hybridized carbons (Fsp3) is 0. The van der Waals surface area contributed by atoms with E-state index in [2.05, 4.69) is 0 Å². The Labute approximate surface area is 79.3 Å². The van der Waals surface area contributed by atoms with E-state index in [-0.39, 0.29) is 0 Å². The molecule has 0 saturated heterocycles. The molecule has 0 spiro atoms. The molecule has 0 fully saturated rings. The van der Waals surface area contributed by atoms with E-state index < -0.39 is 11.3 Å². The van der Waals surface area contributed by atoms with Crippen LogP contribution >= 0.6 is 0 Å². The minimum atomic E-state index is -0.689. The first-order valence-electron chi connectivity index (χ1n) is 3.98. The molecule has 0 aliphatic rings. The minimum absolute atomic E-state index is 0.412. The molecule has 1 aromatic carbocycles. The van der Waals surface area contributed by atoms with Crippen LogP contribution in [0.15, 0.2) is 35.1 Å². The van der Waals surface area contributed by atoms with Crippen LogP contribution in [0.1, 0.15) is 0 Å². The second kappa shape index (κ2) is 2.89. The van der Waals surface area contributed by atoms with Gasteiger partial charge in [0.2, 0.25) is 0 Å². The molecular formula is C10H6N2O2. The molecule has 0 aliphatic carbocycles. The predicted molar refractivity (Wildman–Crippen MR) is 50.9 cm³/mol. The van der Waals surface area contributed by atoms with Crippen molar-refractivity contribution in [3.05, 3.63) is 40.7 Å². The van der Waals surface area contributed by atoms with Crippen molar-refractivity contribution in [3.63, 3.8) is 0 Å². The number of para-hydroxylation sites is 1. The van der Waals surface area contributed by atoms with Crippen LogP contribution in [-0.2, 0) is 0 Å². The zero-order valence-corrected chi connectivity index (χ0v) is 7.14. The van der Waals surface area contributed by atoms with Crippen molar-refractivity contribution in [2.75, 3.05) is 0 Å². The van der Waals surface area contributed by atoms with E-state index in [0.717, 1.165) is 4.57 Å². The minimum Gasteiger partial charge on any atom is -0.503 e. The Morgan fingerprint density at radius 3 is 2.79 bits per heavy atom. The Kier molecular flexibility index (Phi) is 1.72. The molecule has 4 heteroatoms. The van der Waals surface area contributed by atoms with Crippen molar-refractivity contribution < 1.29 is 5.11 Å². The van der Waals surface area contributed by atoms with Crippen LogP contribution in [0.3, 0.4) is 0 Å². The molecule has 0 unspecified atom stereocenters. The Morgan fingerprint density at radius 2 is 2.07 bits per heavy atom. The van der Waals surface area contributed by atoms with Crippen LogP contribution in [0, 0.1) is 11.5 Å². The molecule has 1 N–H and O–H groups in total. The summed E-state index contributed by atoms with van der Waals surface area (Å²) in [5.74, 6) is -0.412. The van der Waals surface area contributed by atoms with Gasteiger partial charge in [0, 0.05) is 5.39 Å². The SMILES string of the molecule is N#Cn1c(=O)c(O)cc2ccccc21. The third kappa shape index (κ3) is 1.04. The Balaban J connectivity index is 3.06. The van der Waals surface area contributed by atoms with E-state index >= 15 is 0 Å². The number of rotatable bonds is 0. The average Bonchev–Trinajstić information content (AvgIpc) is 2.20. The van der Waals surface area contributed by atoms with Crippen molar-refractivity contribution in [1.29, 1.82) is 5.26 Å². The fourth-order valence-corrected chi connectivity index (χ4v) is 1.35. The number of benzene rings is 1. The van der Waals surface area contributed by atoms with Gasteiger partial charge >= 0.3 is 5.56 Å². The Hall–Kier alpha value is -2.28. The normalized spacial score (nSPS) is 9.93. The molecule has 1 aromatic heterocycles. The van der Waals surface area contributed by atoms with Gasteiger partial charge in [0.25, 0.3) is 0 Å². The third-order valence-electron chi connectivity index (χ3n) is 1.99. The summed E-state index contributed by atoms with van der Waals surface area (Å²) < 4.78 is 0.866.